The minimum Gasteiger partial charge on any atom is -0.273 e. The van der Waals surface area contributed by atoms with Crippen LogP contribution in [0.15, 0.2) is 107 Å². The van der Waals surface area contributed by atoms with Gasteiger partial charge in [-0.3, -0.25) is 9.59 Å². The van der Waals surface area contributed by atoms with Crippen LogP contribution in [0.5, 0.6) is 0 Å². The number of sulfonamides is 1. The summed E-state index contributed by atoms with van der Waals surface area (Å²) in [5, 5.41) is 7.36. The predicted octanol–water partition coefficient (Wildman–Crippen LogP) is 4.78. The van der Waals surface area contributed by atoms with Crippen LogP contribution >= 0.6 is 0 Å². The van der Waals surface area contributed by atoms with Gasteiger partial charge in [-0.2, -0.15) is 5.10 Å². The van der Waals surface area contributed by atoms with Crippen LogP contribution in [0.25, 0.3) is 10.8 Å². The summed E-state index contributed by atoms with van der Waals surface area (Å²) in [5.41, 5.74) is 2.60. The number of anilines is 1. The smallest absolute Gasteiger partial charge is 0.264 e. The molecule has 0 bridgehead atoms. The Morgan fingerprint density at radius 2 is 1.65 bits per heavy atom. The Bertz CT molecular complexity index is 1630. The van der Waals surface area contributed by atoms with Gasteiger partial charge in [0.05, 0.1) is 22.9 Å². The van der Waals surface area contributed by atoms with Crippen molar-refractivity contribution < 1.29 is 18.0 Å². The van der Waals surface area contributed by atoms with Gasteiger partial charge in [-0.25, -0.2) is 18.1 Å². The van der Waals surface area contributed by atoms with Gasteiger partial charge >= 0.3 is 0 Å². The Balaban J connectivity index is 1.46. The van der Waals surface area contributed by atoms with E-state index in [-0.39, 0.29) is 17.2 Å². The molecule has 186 valence electrons. The molecule has 4 aromatic carbocycles. The predicted molar refractivity (Wildman–Crippen MR) is 144 cm³/mol. The fourth-order valence-corrected chi connectivity index (χ4v) is 5.50. The van der Waals surface area contributed by atoms with Gasteiger partial charge in [0.15, 0.2) is 0 Å². The third-order valence-corrected chi connectivity index (χ3v) is 7.64. The number of hydrogen-bond donors (Lipinski definition) is 1. The Morgan fingerprint density at radius 1 is 0.919 bits per heavy atom. The van der Waals surface area contributed by atoms with Crippen LogP contribution in [-0.2, 0) is 26.0 Å². The Morgan fingerprint density at radius 3 is 2.38 bits per heavy atom. The van der Waals surface area contributed by atoms with E-state index in [4.69, 9.17) is 0 Å². The molecule has 4 aromatic rings. The van der Waals surface area contributed by atoms with E-state index in [9.17, 15) is 18.0 Å². The molecule has 0 fully saturated rings. The molecule has 0 aliphatic carbocycles. The molecule has 1 aliphatic heterocycles. The zero-order valence-corrected chi connectivity index (χ0v) is 21.0. The molecule has 0 saturated carbocycles. The molecule has 0 aromatic heterocycles. The molecule has 8 heteroatoms. The highest BCUT2D eigenvalue weighted by molar-refractivity contribution is 7.90. The summed E-state index contributed by atoms with van der Waals surface area (Å²) in [7, 11) is -4.22. The molecular weight excluding hydrogens is 486 g/mol. The number of nitrogens with zero attached hydrogens (tertiary/aromatic N) is 2. The number of hydrazone groups is 1. The first-order chi connectivity index (χ1) is 17.8. The second kappa shape index (κ2) is 9.99. The largest absolute Gasteiger partial charge is 0.273 e. The topological polar surface area (TPSA) is 95.9 Å². The van der Waals surface area contributed by atoms with Gasteiger partial charge in [0, 0.05) is 5.71 Å². The maximum Gasteiger partial charge on any atom is 0.264 e. The second-order valence-electron chi connectivity index (χ2n) is 9.03. The number of fused-ring (bicyclic) bond motifs is 1. The molecule has 0 spiro atoms. The van der Waals surface area contributed by atoms with Crippen molar-refractivity contribution in [2.75, 3.05) is 5.01 Å². The van der Waals surface area contributed by atoms with Crippen LogP contribution < -0.4 is 9.73 Å². The molecule has 1 unspecified atom stereocenters. The standard InChI is InChI=1S/C29H25N3O4S/c1-20-16-28(33)32(30-20)25-12-7-13-26(19-25)37(35,36)31-29(34)27(17-21-8-3-2-4-9-21)24-15-14-22-10-5-6-11-23(22)18-24/h2-15,18-19,27H,16-17H2,1H3,(H,31,34). The lowest BCUT2D eigenvalue weighted by Gasteiger charge is -2.19. The van der Waals surface area contributed by atoms with Crippen molar-refractivity contribution in [3.05, 3.63) is 108 Å². The molecule has 5 rings (SSSR count). The van der Waals surface area contributed by atoms with Gasteiger partial charge in [-0.1, -0.05) is 78.9 Å². The highest BCUT2D eigenvalue weighted by atomic mass is 32.2. The Hall–Kier alpha value is -4.30. The number of carbonyl (C=O) groups is 2. The van der Waals surface area contributed by atoms with Crippen molar-refractivity contribution >= 4 is 44.0 Å². The molecule has 2 amide bonds. The van der Waals surface area contributed by atoms with E-state index in [0.29, 0.717) is 17.8 Å². The number of nitrogens with one attached hydrogen (secondary N) is 1. The molecule has 0 radical (unpaired) electrons. The van der Waals surface area contributed by atoms with Crippen LogP contribution in [0.4, 0.5) is 5.69 Å². The zero-order chi connectivity index (χ0) is 26.0. The van der Waals surface area contributed by atoms with Gasteiger partial charge in [-0.15, -0.1) is 0 Å². The van der Waals surface area contributed by atoms with E-state index in [1.54, 1.807) is 13.0 Å². The van der Waals surface area contributed by atoms with Gasteiger partial charge < -0.3 is 0 Å². The number of carbonyl (C=O) groups excluding carboxylic acids is 2. The van der Waals surface area contributed by atoms with E-state index in [1.807, 2.05) is 72.8 Å². The monoisotopic (exact) mass is 511 g/mol. The van der Waals surface area contributed by atoms with Gasteiger partial charge in [0.1, 0.15) is 0 Å². The van der Waals surface area contributed by atoms with Crippen LogP contribution in [0.3, 0.4) is 0 Å². The van der Waals surface area contributed by atoms with Crippen LogP contribution in [0.2, 0.25) is 0 Å². The average Bonchev–Trinajstić information content (AvgIpc) is 3.25. The minimum atomic E-state index is -4.22. The van der Waals surface area contributed by atoms with Gasteiger partial charge in [0.25, 0.3) is 15.9 Å². The lowest BCUT2D eigenvalue weighted by Crippen LogP contribution is -2.35. The fraction of sp³-hybridized carbons (Fsp3) is 0.138. The summed E-state index contributed by atoms with van der Waals surface area (Å²) in [4.78, 5) is 25.6. The summed E-state index contributed by atoms with van der Waals surface area (Å²) < 4.78 is 28.8. The molecule has 7 nitrogen and oxygen atoms in total. The van der Waals surface area contributed by atoms with E-state index in [2.05, 4.69) is 9.82 Å². The quantitative estimate of drug-likeness (QED) is 0.386. The lowest BCUT2D eigenvalue weighted by atomic mass is 9.90. The fourth-order valence-electron chi connectivity index (χ4n) is 4.44. The van der Waals surface area contributed by atoms with Crippen molar-refractivity contribution in [3.8, 4) is 0 Å². The molecule has 0 saturated heterocycles. The normalized spacial score (nSPS) is 14.5. The minimum absolute atomic E-state index is 0.122. The molecule has 1 atom stereocenters. The summed E-state index contributed by atoms with van der Waals surface area (Å²) >= 11 is 0. The maximum absolute atomic E-state index is 13.5. The van der Waals surface area contributed by atoms with Crippen molar-refractivity contribution in [1.82, 2.24) is 4.72 Å². The van der Waals surface area contributed by atoms with Crippen LogP contribution in [-0.4, -0.2) is 25.9 Å². The van der Waals surface area contributed by atoms with E-state index in [1.165, 1.54) is 23.2 Å². The van der Waals surface area contributed by atoms with Crippen molar-refractivity contribution in [1.29, 1.82) is 0 Å². The van der Waals surface area contributed by atoms with Gasteiger partial charge in [0.2, 0.25) is 5.91 Å². The zero-order valence-electron chi connectivity index (χ0n) is 20.2. The first-order valence-electron chi connectivity index (χ1n) is 11.9. The first kappa shape index (κ1) is 24.4. The number of hydrogen-bond acceptors (Lipinski definition) is 5. The van der Waals surface area contributed by atoms with Crippen molar-refractivity contribution in [2.45, 2.75) is 30.6 Å². The third kappa shape index (κ3) is 5.29. The number of rotatable bonds is 7. The SMILES string of the molecule is CC1=NN(c2cccc(S(=O)(=O)NC(=O)C(Cc3ccccc3)c3ccc4ccccc4c3)c2)C(=O)C1. The van der Waals surface area contributed by atoms with E-state index < -0.39 is 21.8 Å². The Labute approximate surface area is 215 Å². The summed E-state index contributed by atoms with van der Waals surface area (Å²) in [6.07, 6.45) is 0.511. The summed E-state index contributed by atoms with van der Waals surface area (Å²) in [6, 6.07) is 28.9. The first-order valence-corrected chi connectivity index (χ1v) is 13.3. The Kier molecular flexibility index (Phi) is 6.58. The third-order valence-electron chi connectivity index (χ3n) is 6.30. The van der Waals surface area contributed by atoms with E-state index in [0.717, 1.165) is 21.9 Å². The second-order valence-corrected chi connectivity index (χ2v) is 10.7. The molecule has 1 aliphatic rings. The van der Waals surface area contributed by atoms with Crippen molar-refractivity contribution in [3.63, 3.8) is 0 Å². The number of amides is 2. The molecule has 1 N–H and O–H groups in total. The molecular formula is C29H25N3O4S. The van der Waals surface area contributed by atoms with Gasteiger partial charge in [-0.05, 0) is 53.4 Å². The maximum atomic E-state index is 13.5. The highest BCUT2D eigenvalue weighted by Crippen LogP contribution is 2.27. The van der Waals surface area contributed by atoms with Crippen LogP contribution in [0, 0.1) is 0 Å². The molecule has 1 heterocycles. The summed E-state index contributed by atoms with van der Waals surface area (Å²) in [5.74, 6) is -1.61. The molecule has 37 heavy (non-hydrogen) atoms. The highest BCUT2D eigenvalue weighted by Gasteiger charge is 2.28. The lowest BCUT2D eigenvalue weighted by molar-refractivity contribution is -0.121. The van der Waals surface area contributed by atoms with Crippen molar-refractivity contribution in [2.24, 2.45) is 5.10 Å². The number of benzene rings is 4. The van der Waals surface area contributed by atoms with E-state index >= 15 is 0 Å². The average molecular weight is 512 g/mol. The summed E-state index contributed by atoms with van der Waals surface area (Å²) in [6.45, 7) is 1.73. The van der Waals surface area contributed by atoms with Crippen LogP contribution in [0.1, 0.15) is 30.4 Å².